The lowest BCUT2D eigenvalue weighted by molar-refractivity contribution is 0.286. The molecule has 1 atom stereocenters. The highest BCUT2D eigenvalue weighted by Gasteiger charge is 2.26. The van der Waals surface area contributed by atoms with Gasteiger partial charge < -0.3 is 0 Å². The van der Waals surface area contributed by atoms with E-state index in [1.807, 2.05) is 12.1 Å². The van der Waals surface area contributed by atoms with Crippen LogP contribution in [0.15, 0.2) is 29.4 Å². The molecule has 3 aromatic rings. The van der Waals surface area contributed by atoms with E-state index in [4.69, 9.17) is 0 Å². The lowest BCUT2D eigenvalue weighted by Gasteiger charge is -2.30. The fourth-order valence-corrected chi connectivity index (χ4v) is 6.14. The lowest BCUT2D eigenvalue weighted by Crippen LogP contribution is -2.39. The zero-order valence-corrected chi connectivity index (χ0v) is 15.7. The van der Waals surface area contributed by atoms with E-state index in [1.54, 1.807) is 27.4 Å². The van der Waals surface area contributed by atoms with Crippen LogP contribution in [-0.2, 0) is 10.0 Å². The third-order valence-corrected chi connectivity index (χ3v) is 7.75. The average Bonchev–Trinajstić information content (AvgIpc) is 3.11. The van der Waals surface area contributed by atoms with Crippen molar-refractivity contribution < 1.29 is 8.42 Å². The van der Waals surface area contributed by atoms with Crippen LogP contribution >= 0.6 is 23.1 Å². The van der Waals surface area contributed by atoms with Crippen LogP contribution in [0.2, 0.25) is 0 Å². The van der Waals surface area contributed by atoms with Gasteiger partial charge in [0, 0.05) is 18.8 Å². The maximum Gasteiger partial charge on any atom is 0.217 e. The molecule has 0 spiro atoms. The molecular formula is C15H18N4O2S3. The van der Waals surface area contributed by atoms with Crippen LogP contribution in [0.4, 0.5) is 0 Å². The van der Waals surface area contributed by atoms with E-state index in [2.05, 4.69) is 26.7 Å². The predicted octanol–water partition coefficient (Wildman–Crippen LogP) is 2.71. The molecule has 2 aromatic heterocycles. The van der Waals surface area contributed by atoms with Gasteiger partial charge in [0.15, 0.2) is 5.16 Å². The molecule has 1 fully saturated rings. The zero-order valence-electron chi connectivity index (χ0n) is 13.3. The highest BCUT2D eigenvalue weighted by Crippen LogP contribution is 2.31. The largest absolute Gasteiger partial charge is 0.260 e. The molecule has 24 heavy (non-hydrogen) atoms. The summed E-state index contributed by atoms with van der Waals surface area (Å²) in [7, 11) is -3.09. The van der Waals surface area contributed by atoms with E-state index in [0.29, 0.717) is 19.0 Å². The third-order valence-electron chi connectivity index (χ3n) is 4.31. The minimum Gasteiger partial charge on any atom is -0.260 e. The molecule has 1 aromatic carbocycles. The lowest BCUT2D eigenvalue weighted by atomic mass is 10.0. The summed E-state index contributed by atoms with van der Waals surface area (Å²) in [5, 5.41) is 9.48. The molecule has 0 N–H and O–H groups in total. The molecule has 128 valence electrons. The number of thioether (sulfide) groups is 1. The van der Waals surface area contributed by atoms with Gasteiger partial charge in [-0.1, -0.05) is 35.2 Å². The Balaban J connectivity index is 1.53. The number of nitrogens with zero attached hydrogens (tertiary/aromatic N) is 4. The molecule has 1 aliphatic heterocycles. The van der Waals surface area contributed by atoms with E-state index in [1.165, 1.54) is 11.0 Å². The summed E-state index contributed by atoms with van der Waals surface area (Å²) in [4.78, 5) is 0.903. The number of piperidine rings is 1. The number of thiazole rings is 1. The number of para-hydroxylation sites is 1. The molecule has 1 aliphatic rings. The molecule has 0 unspecified atom stereocenters. The molecule has 0 saturated carbocycles. The second-order valence-corrected chi connectivity index (χ2v) is 10.1. The SMILES string of the molecule is CS(=O)(=O)N1CCC[C@@H](CSc2nnc3sc4ccccc4n23)C1. The molecule has 0 aliphatic carbocycles. The Kier molecular flexibility index (Phi) is 4.27. The number of rotatable bonds is 4. The fraction of sp³-hybridized carbons (Fsp3) is 0.467. The summed E-state index contributed by atoms with van der Waals surface area (Å²) in [6.45, 7) is 1.25. The van der Waals surface area contributed by atoms with Gasteiger partial charge in [0.1, 0.15) is 0 Å². The van der Waals surface area contributed by atoms with Gasteiger partial charge in [0.2, 0.25) is 15.0 Å². The first-order chi connectivity index (χ1) is 11.5. The van der Waals surface area contributed by atoms with Crippen molar-refractivity contribution in [2.24, 2.45) is 5.92 Å². The Bertz CT molecular complexity index is 979. The van der Waals surface area contributed by atoms with Crippen LogP contribution in [0.25, 0.3) is 15.2 Å². The second kappa shape index (κ2) is 6.29. The average molecular weight is 383 g/mol. The highest BCUT2D eigenvalue weighted by molar-refractivity contribution is 7.99. The molecule has 3 heterocycles. The first kappa shape index (κ1) is 16.3. The van der Waals surface area contributed by atoms with Crippen molar-refractivity contribution in [3.8, 4) is 0 Å². The van der Waals surface area contributed by atoms with Gasteiger partial charge in [-0.15, -0.1) is 10.2 Å². The molecule has 0 amide bonds. The Labute approximate surface area is 148 Å². The highest BCUT2D eigenvalue weighted by atomic mass is 32.2. The van der Waals surface area contributed by atoms with Crippen LogP contribution in [0.1, 0.15) is 12.8 Å². The molecule has 0 radical (unpaired) electrons. The van der Waals surface area contributed by atoms with Crippen molar-refractivity contribution in [1.82, 2.24) is 18.9 Å². The van der Waals surface area contributed by atoms with Gasteiger partial charge in [-0.3, -0.25) is 4.40 Å². The number of hydrogen-bond acceptors (Lipinski definition) is 6. The molecule has 1 saturated heterocycles. The van der Waals surface area contributed by atoms with Crippen molar-refractivity contribution in [1.29, 1.82) is 0 Å². The fourth-order valence-electron chi connectivity index (χ4n) is 3.11. The monoisotopic (exact) mass is 382 g/mol. The van der Waals surface area contributed by atoms with Crippen molar-refractivity contribution in [3.63, 3.8) is 0 Å². The molecule has 6 nitrogen and oxygen atoms in total. The summed E-state index contributed by atoms with van der Waals surface area (Å²) in [5.41, 5.74) is 1.13. The predicted molar refractivity (Wildman–Crippen MR) is 98.2 cm³/mol. The second-order valence-electron chi connectivity index (χ2n) is 6.11. The summed E-state index contributed by atoms with van der Waals surface area (Å²) < 4.78 is 28.4. The number of hydrogen-bond donors (Lipinski definition) is 0. The van der Waals surface area contributed by atoms with Crippen molar-refractivity contribution in [3.05, 3.63) is 24.3 Å². The van der Waals surface area contributed by atoms with Gasteiger partial charge >= 0.3 is 0 Å². The van der Waals surface area contributed by atoms with Crippen molar-refractivity contribution in [2.45, 2.75) is 18.0 Å². The van der Waals surface area contributed by atoms with E-state index in [0.717, 1.165) is 34.2 Å². The molecule has 0 bridgehead atoms. The van der Waals surface area contributed by atoms with Gasteiger partial charge in [-0.05, 0) is 30.9 Å². The normalized spacial score (nSPS) is 20.1. The van der Waals surface area contributed by atoms with Gasteiger partial charge in [0.05, 0.1) is 16.5 Å². The number of fused-ring (bicyclic) bond motifs is 3. The van der Waals surface area contributed by atoms with Gasteiger partial charge in [0.25, 0.3) is 0 Å². The van der Waals surface area contributed by atoms with Gasteiger partial charge in [-0.25, -0.2) is 12.7 Å². The smallest absolute Gasteiger partial charge is 0.217 e. The summed E-state index contributed by atoms with van der Waals surface area (Å²) >= 11 is 3.31. The van der Waals surface area contributed by atoms with E-state index in [-0.39, 0.29) is 0 Å². The standard InChI is InChI=1S/C15H18N4O2S3/c1-24(20,21)18-8-4-5-11(9-18)10-22-14-16-17-15-19(14)12-6-2-3-7-13(12)23-15/h2-3,6-7,11H,4-5,8-10H2,1H3/t11-/m1/s1. The maximum atomic E-state index is 11.7. The minimum absolute atomic E-state index is 0.357. The number of sulfonamides is 1. The topological polar surface area (TPSA) is 67.6 Å². The first-order valence-corrected chi connectivity index (χ1v) is 11.5. The van der Waals surface area contributed by atoms with Gasteiger partial charge in [-0.2, -0.15) is 0 Å². The molecular weight excluding hydrogens is 364 g/mol. The van der Waals surface area contributed by atoms with Crippen LogP contribution < -0.4 is 0 Å². The van der Waals surface area contributed by atoms with E-state index < -0.39 is 10.0 Å². The molecule has 9 heteroatoms. The third kappa shape index (κ3) is 3.05. The zero-order chi connectivity index (χ0) is 16.7. The van der Waals surface area contributed by atoms with Crippen molar-refractivity contribution in [2.75, 3.05) is 25.1 Å². The Hall–Kier alpha value is -1.16. The van der Waals surface area contributed by atoms with Crippen LogP contribution in [-0.4, -0.2) is 52.4 Å². The minimum atomic E-state index is -3.09. The van der Waals surface area contributed by atoms with E-state index >= 15 is 0 Å². The first-order valence-electron chi connectivity index (χ1n) is 7.83. The van der Waals surface area contributed by atoms with Crippen LogP contribution in [0.3, 0.4) is 0 Å². The van der Waals surface area contributed by atoms with Crippen molar-refractivity contribution >= 4 is 48.3 Å². The number of benzene rings is 1. The summed E-state index contributed by atoms with van der Waals surface area (Å²) in [6, 6.07) is 8.22. The van der Waals surface area contributed by atoms with Crippen LogP contribution in [0.5, 0.6) is 0 Å². The Morgan fingerprint density at radius 3 is 3.00 bits per heavy atom. The Morgan fingerprint density at radius 1 is 1.33 bits per heavy atom. The molecule has 4 rings (SSSR count). The summed E-state index contributed by atoms with van der Waals surface area (Å²) in [5.74, 6) is 1.22. The number of aromatic nitrogens is 3. The Morgan fingerprint density at radius 2 is 2.17 bits per heavy atom. The van der Waals surface area contributed by atoms with Crippen LogP contribution in [0, 0.1) is 5.92 Å². The quantitative estimate of drug-likeness (QED) is 0.649. The maximum absolute atomic E-state index is 11.7. The summed E-state index contributed by atoms with van der Waals surface area (Å²) in [6.07, 6.45) is 3.28. The van der Waals surface area contributed by atoms with E-state index in [9.17, 15) is 8.42 Å².